The minimum absolute atomic E-state index is 0.212. The van der Waals surface area contributed by atoms with Crippen LogP contribution >= 0.6 is 0 Å². The molecule has 360 valence electrons. The van der Waals surface area contributed by atoms with Crippen molar-refractivity contribution >= 4 is 41.5 Å². The predicted octanol–water partition coefficient (Wildman–Crippen LogP) is 6.68. The second kappa shape index (κ2) is 17.1. The molecule has 9 rings (SSSR count). The Morgan fingerprint density at radius 3 is 1.36 bits per heavy atom. The summed E-state index contributed by atoms with van der Waals surface area (Å²) in [5.41, 5.74) is 10.9. The molecule has 2 saturated heterocycles. The molecule has 3 aromatic carbocycles. The second-order valence-corrected chi connectivity index (χ2v) is 22.0. The van der Waals surface area contributed by atoms with Crippen molar-refractivity contribution in [3.05, 3.63) is 100 Å². The minimum Gasteiger partial charge on any atom is -0.465 e. The molecule has 8 N–H and O–H groups in total. The molecule has 0 radical (unpaired) electrons. The lowest BCUT2D eigenvalue weighted by Gasteiger charge is -2.60. The number of carbonyl (C=O) groups excluding carboxylic acids is 4. The van der Waals surface area contributed by atoms with Crippen molar-refractivity contribution in [2.45, 2.75) is 142 Å². The van der Waals surface area contributed by atoms with E-state index in [2.05, 4.69) is 79.0 Å². The molecule has 4 bridgehead atoms. The SMILES string of the molecule is CC(C(N)=O)[C@]1(C)Cc2ccc(cc2)[C@@]1(C(=O)NC(=O)O)N1CCCC1N(c1cccc(C(C)(C)C)c1C(C)(C)C)C1CCCN1[C@]1(C(=O)NC(=O)O)c2ccc(cc2)C[C@@]1(C)C(C)C(N)=O. The van der Waals surface area contributed by atoms with Gasteiger partial charge in [0.25, 0.3) is 11.8 Å². The first-order chi connectivity index (χ1) is 31.2. The van der Waals surface area contributed by atoms with E-state index in [1.165, 1.54) is 0 Å². The van der Waals surface area contributed by atoms with Gasteiger partial charge in [-0.15, -0.1) is 0 Å². The van der Waals surface area contributed by atoms with Gasteiger partial charge in [-0.25, -0.2) is 9.59 Å². The number of benzene rings is 3. The summed E-state index contributed by atoms with van der Waals surface area (Å²) in [5.74, 6) is -4.82. The molecule has 8 atom stereocenters. The lowest BCUT2D eigenvalue weighted by Crippen LogP contribution is -2.73. The maximum Gasteiger partial charge on any atom is 0.411 e. The molecule has 6 amide bonds. The quantitative estimate of drug-likeness (QED) is 0.119. The first-order valence-corrected chi connectivity index (χ1v) is 23.5. The molecule has 2 heterocycles. The molecule has 6 aliphatic rings. The first-order valence-electron chi connectivity index (χ1n) is 23.5. The summed E-state index contributed by atoms with van der Waals surface area (Å²) in [4.78, 5) is 90.3. The Bertz CT molecular complexity index is 2350. The van der Waals surface area contributed by atoms with Crippen molar-refractivity contribution in [1.82, 2.24) is 20.4 Å². The van der Waals surface area contributed by atoms with Gasteiger partial charge in [-0.2, -0.15) is 0 Å². The van der Waals surface area contributed by atoms with Crippen LogP contribution in [0.1, 0.15) is 128 Å². The highest BCUT2D eigenvalue weighted by molar-refractivity contribution is 6.00. The van der Waals surface area contributed by atoms with Crippen molar-refractivity contribution in [2.24, 2.45) is 34.1 Å². The molecule has 2 fully saturated rings. The van der Waals surface area contributed by atoms with Gasteiger partial charge in [-0.05, 0) is 88.8 Å². The van der Waals surface area contributed by atoms with Crippen LogP contribution in [0.5, 0.6) is 0 Å². The minimum atomic E-state index is -1.82. The number of carbonyl (C=O) groups is 6. The lowest BCUT2D eigenvalue weighted by atomic mass is 9.58. The Hall–Kier alpha value is -5.80. The molecule has 15 heteroatoms. The number of hydrogen-bond donors (Lipinski definition) is 6. The van der Waals surface area contributed by atoms with Crippen molar-refractivity contribution < 1.29 is 39.0 Å². The smallest absolute Gasteiger partial charge is 0.411 e. The number of hydrogen-bond acceptors (Lipinski definition) is 9. The zero-order valence-corrected chi connectivity index (χ0v) is 40.7. The number of carboxylic acid groups (broad SMARTS) is 2. The normalized spacial score (nSPS) is 28.3. The zero-order chi connectivity index (χ0) is 49.4. The number of fused-ring (bicyclic) bond motifs is 8. The Labute approximate surface area is 394 Å². The van der Waals surface area contributed by atoms with E-state index in [0.717, 1.165) is 27.9 Å². The Kier molecular flexibility index (Phi) is 12.5. The standard InChI is InChI=1S/C52H69N7O8/c1-30(41(53)60)49(9)28-32-18-22-34(23-19-32)51(49,43(62)55-45(64)65)57-26-12-16-38(57)59(37-15-11-14-36(47(3,4)5)40(37)48(6,7)8)39-17-13-27-58(39)52(44(63)56-46(66)67)35-24-20-33(21-25-35)29-50(52,10)31(2)42(54)61/h11,14-15,18-25,30-31,38-39H,12-13,16-17,26-29H2,1-10H3,(H2,53,60)(H2,54,61)(H,55,62)(H,56,63)(H,64,65)(H,66,67)/t30?,31?,38?,39?,49-,50-,51-,52-/m0/s1. The van der Waals surface area contributed by atoms with Gasteiger partial charge < -0.3 is 26.6 Å². The van der Waals surface area contributed by atoms with E-state index in [4.69, 9.17) is 11.5 Å². The van der Waals surface area contributed by atoms with E-state index in [0.29, 0.717) is 49.9 Å². The van der Waals surface area contributed by atoms with Crippen molar-refractivity contribution in [1.29, 1.82) is 0 Å². The van der Waals surface area contributed by atoms with Crippen LogP contribution < -0.4 is 27.0 Å². The van der Waals surface area contributed by atoms with Gasteiger partial charge in [0.2, 0.25) is 11.8 Å². The predicted molar refractivity (Wildman–Crippen MR) is 255 cm³/mol. The Morgan fingerprint density at radius 2 is 1.03 bits per heavy atom. The molecule has 0 saturated carbocycles. The van der Waals surface area contributed by atoms with Crippen LogP contribution in [0.4, 0.5) is 15.3 Å². The van der Waals surface area contributed by atoms with Crippen molar-refractivity contribution in [3.63, 3.8) is 0 Å². The molecule has 15 nitrogen and oxygen atoms in total. The molecule has 67 heavy (non-hydrogen) atoms. The van der Waals surface area contributed by atoms with E-state index < -0.39 is 87.3 Å². The van der Waals surface area contributed by atoms with Crippen LogP contribution in [-0.4, -0.2) is 81.2 Å². The van der Waals surface area contributed by atoms with Crippen molar-refractivity contribution in [2.75, 3.05) is 18.0 Å². The Balaban J connectivity index is 1.61. The number of imide groups is 2. The van der Waals surface area contributed by atoms with Gasteiger partial charge in [0.15, 0.2) is 0 Å². The van der Waals surface area contributed by atoms with Crippen LogP contribution in [-0.2, 0) is 53.9 Å². The summed E-state index contributed by atoms with van der Waals surface area (Å²) < 4.78 is 0. The maximum absolute atomic E-state index is 15.6. The molecular weight excluding hydrogens is 851 g/mol. The average Bonchev–Trinajstić information content (AvgIpc) is 3.81. The third kappa shape index (κ3) is 7.56. The third-order valence-corrected chi connectivity index (χ3v) is 16.2. The van der Waals surface area contributed by atoms with Gasteiger partial charge >= 0.3 is 12.2 Å². The van der Waals surface area contributed by atoms with Crippen LogP contribution in [0, 0.1) is 22.7 Å². The van der Waals surface area contributed by atoms with E-state index in [9.17, 15) is 29.4 Å². The summed E-state index contributed by atoms with van der Waals surface area (Å²) >= 11 is 0. The molecule has 4 aliphatic carbocycles. The summed E-state index contributed by atoms with van der Waals surface area (Å²) in [6, 6.07) is 21.2. The molecule has 0 aromatic heterocycles. The van der Waals surface area contributed by atoms with Gasteiger partial charge in [0.1, 0.15) is 11.1 Å². The largest absolute Gasteiger partial charge is 0.465 e. The highest BCUT2D eigenvalue weighted by atomic mass is 16.4. The fourth-order valence-corrected chi connectivity index (χ4v) is 13.0. The highest BCUT2D eigenvalue weighted by Gasteiger charge is 2.68. The molecule has 2 aliphatic heterocycles. The van der Waals surface area contributed by atoms with Crippen LogP contribution in [0.3, 0.4) is 0 Å². The van der Waals surface area contributed by atoms with Gasteiger partial charge in [0, 0.05) is 41.4 Å². The van der Waals surface area contributed by atoms with E-state index in [-0.39, 0.29) is 18.3 Å². The topological polar surface area (TPSA) is 229 Å². The number of nitrogens with zero attached hydrogens (tertiary/aromatic N) is 3. The monoisotopic (exact) mass is 920 g/mol. The van der Waals surface area contributed by atoms with E-state index in [1.807, 2.05) is 68.4 Å². The molecular formula is C52H69N7O8. The highest BCUT2D eigenvalue weighted by Crippen LogP contribution is 2.60. The summed E-state index contributed by atoms with van der Waals surface area (Å²) in [5, 5.41) is 25.3. The van der Waals surface area contributed by atoms with E-state index in [1.54, 1.807) is 13.8 Å². The fourth-order valence-electron chi connectivity index (χ4n) is 13.0. The van der Waals surface area contributed by atoms with Gasteiger partial charge in [0.05, 0.1) is 12.3 Å². The summed E-state index contributed by atoms with van der Waals surface area (Å²) in [7, 11) is 0. The van der Waals surface area contributed by atoms with Crippen molar-refractivity contribution in [3.8, 4) is 0 Å². The molecule has 0 spiro atoms. The number of primary amides is 2. The van der Waals surface area contributed by atoms with Gasteiger partial charge in [-0.1, -0.05) is 130 Å². The average molecular weight is 920 g/mol. The third-order valence-electron chi connectivity index (χ3n) is 16.2. The number of anilines is 1. The van der Waals surface area contributed by atoms with Crippen LogP contribution in [0.2, 0.25) is 0 Å². The number of nitrogens with one attached hydrogen (secondary N) is 2. The molecule has 3 aromatic rings. The number of nitrogens with two attached hydrogens (primary N) is 2. The number of rotatable bonds is 11. The molecule has 4 unspecified atom stereocenters. The second-order valence-electron chi connectivity index (χ2n) is 22.0. The number of likely N-dealkylation sites (tertiary alicyclic amines) is 2. The summed E-state index contributed by atoms with van der Waals surface area (Å²) in [6.07, 6.45) is -2.07. The fraction of sp³-hybridized carbons (Fsp3) is 0.538. The van der Waals surface area contributed by atoms with Gasteiger partial charge in [-0.3, -0.25) is 39.6 Å². The lowest BCUT2D eigenvalue weighted by molar-refractivity contribution is -0.157. The van der Waals surface area contributed by atoms with E-state index >= 15 is 9.59 Å². The summed E-state index contributed by atoms with van der Waals surface area (Å²) in [6.45, 7) is 20.6. The van der Waals surface area contributed by atoms with Crippen LogP contribution in [0.25, 0.3) is 0 Å². The first kappa shape index (κ1) is 49.1. The number of amides is 6. The zero-order valence-electron chi connectivity index (χ0n) is 40.7. The Morgan fingerprint density at radius 1 is 0.642 bits per heavy atom. The maximum atomic E-state index is 15.6. The van der Waals surface area contributed by atoms with Crippen LogP contribution in [0.15, 0.2) is 66.7 Å².